The number of ether oxygens (including phenoxy) is 2. The summed E-state index contributed by atoms with van der Waals surface area (Å²) in [6.45, 7) is 3.62. The van der Waals surface area contributed by atoms with E-state index in [9.17, 15) is 14.9 Å². The second kappa shape index (κ2) is 9.47. The van der Waals surface area contributed by atoms with Crippen LogP contribution in [0.2, 0.25) is 0 Å². The van der Waals surface area contributed by atoms with Crippen LogP contribution in [0.15, 0.2) is 23.8 Å². The van der Waals surface area contributed by atoms with Crippen LogP contribution in [0.5, 0.6) is 11.5 Å². The van der Waals surface area contributed by atoms with E-state index in [2.05, 4.69) is 5.32 Å². The van der Waals surface area contributed by atoms with Gasteiger partial charge in [0.05, 0.1) is 7.11 Å². The lowest BCUT2D eigenvalue weighted by atomic mass is 10.1. The summed E-state index contributed by atoms with van der Waals surface area (Å²) in [5.41, 5.74) is 0.737. The molecule has 0 bridgehead atoms. The van der Waals surface area contributed by atoms with Gasteiger partial charge in [0, 0.05) is 19.6 Å². The van der Waals surface area contributed by atoms with E-state index in [1.807, 2.05) is 13.0 Å². The lowest BCUT2D eigenvalue weighted by Crippen LogP contribution is -2.28. The molecule has 26 heavy (non-hydrogen) atoms. The highest BCUT2D eigenvalue weighted by atomic mass is 16.5. The topological polar surface area (TPSA) is 91.7 Å². The van der Waals surface area contributed by atoms with Crippen molar-refractivity contribution in [2.75, 3.05) is 33.4 Å². The Morgan fingerprint density at radius 1 is 1.31 bits per heavy atom. The molecular formula is C19H23N3O4. The predicted octanol–water partition coefficient (Wildman–Crippen LogP) is 1.74. The van der Waals surface area contributed by atoms with E-state index in [1.54, 1.807) is 23.1 Å². The van der Waals surface area contributed by atoms with Gasteiger partial charge in [0.1, 0.15) is 11.6 Å². The number of benzene rings is 1. The number of likely N-dealkylation sites (tertiary alicyclic amines) is 1. The van der Waals surface area contributed by atoms with Crippen LogP contribution < -0.4 is 14.8 Å². The molecule has 0 unspecified atom stereocenters. The molecule has 1 heterocycles. The van der Waals surface area contributed by atoms with E-state index >= 15 is 0 Å². The molecule has 0 radical (unpaired) electrons. The summed E-state index contributed by atoms with van der Waals surface area (Å²) in [5, 5.41) is 12.0. The summed E-state index contributed by atoms with van der Waals surface area (Å²) in [4.78, 5) is 25.6. The first-order chi connectivity index (χ1) is 12.6. The van der Waals surface area contributed by atoms with Crippen LogP contribution in [-0.4, -0.2) is 50.1 Å². The number of nitrogens with one attached hydrogen (secondary N) is 1. The van der Waals surface area contributed by atoms with Crippen LogP contribution in [-0.2, 0) is 9.59 Å². The van der Waals surface area contributed by atoms with E-state index in [0.29, 0.717) is 36.7 Å². The standard InChI is InChI=1S/C19H23N3O4/c1-3-21-18(23)13-26-16-7-6-14(11-17(16)25-2)10-15(12-20)19(24)22-8-4-5-9-22/h6-7,10-11H,3-5,8-9,13H2,1-2H3,(H,21,23)/b15-10+. The Kier molecular flexibility index (Phi) is 7.03. The average Bonchev–Trinajstić information content (AvgIpc) is 3.19. The fraction of sp³-hybridized carbons (Fsp3) is 0.421. The number of methoxy groups -OCH3 is 1. The van der Waals surface area contributed by atoms with Gasteiger partial charge in [-0.1, -0.05) is 6.07 Å². The zero-order valence-electron chi connectivity index (χ0n) is 15.1. The maximum absolute atomic E-state index is 12.4. The van der Waals surface area contributed by atoms with Gasteiger partial charge in [0.2, 0.25) is 0 Å². The molecule has 138 valence electrons. The van der Waals surface area contributed by atoms with Crippen molar-refractivity contribution >= 4 is 17.9 Å². The number of carbonyl (C=O) groups excluding carboxylic acids is 2. The van der Waals surface area contributed by atoms with E-state index in [0.717, 1.165) is 12.8 Å². The lowest BCUT2D eigenvalue weighted by molar-refractivity contribution is -0.125. The molecule has 1 aliphatic heterocycles. The smallest absolute Gasteiger partial charge is 0.264 e. The van der Waals surface area contributed by atoms with E-state index < -0.39 is 0 Å². The van der Waals surface area contributed by atoms with Gasteiger partial charge >= 0.3 is 0 Å². The molecule has 0 atom stereocenters. The quantitative estimate of drug-likeness (QED) is 0.593. The Bertz CT molecular complexity index is 731. The third-order valence-electron chi connectivity index (χ3n) is 3.98. The normalized spacial score (nSPS) is 13.9. The minimum absolute atomic E-state index is 0.0879. The first kappa shape index (κ1) is 19.3. The van der Waals surface area contributed by atoms with Gasteiger partial charge in [-0.05, 0) is 43.5 Å². The molecule has 0 aliphatic carbocycles. The number of likely N-dealkylation sites (N-methyl/N-ethyl adjacent to an activating group) is 1. The molecule has 0 saturated carbocycles. The lowest BCUT2D eigenvalue weighted by Gasteiger charge is -2.14. The van der Waals surface area contributed by atoms with Crippen molar-refractivity contribution in [1.82, 2.24) is 10.2 Å². The van der Waals surface area contributed by atoms with Crippen LogP contribution in [0.25, 0.3) is 6.08 Å². The van der Waals surface area contributed by atoms with Gasteiger partial charge in [-0.25, -0.2) is 0 Å². The third-order valence-corrected chi connectivity index (χ3v) is 3.98. The van der Waals surface area contributed by atoms with Crippen molar-refractivity contribution in [3.63, 3.8) is 0 Å². The Morgan fingerprint density at radius 2 is 2.04 bits per heavy atom. The Labute approximate surface area is 153 Å². The van der Waals surface area contributed by atoms with Crippen molar-refractivity contribution in [2.45, 2.75) is 19.8 Å². The van der Waals surface area contributed by atoms with Crippen molar-refractivity contribution < 1.29 is 19.1 Å². The number of nitrogens with zero attached hydrogens (tertiary/aromatic N) is 2. The van der Waals surface area contributed by atoms with Crippen LogP contribution in [0, 0.1) is 11.3 Å². The van der Waals surface area contributed by atoms with Crippen LogP contribution in [0.1, 0.15) is 25.3 Å². The van der Waals surface area contributed by atoms with E-state index in [1.165, 1.54) is 13.2 Å². The first-order valence-electron chi connectivity index (χ1n) is 8.57. The van der Waals surface area contributed by atoms with Crippen LogP contribution in [0.4, 0.5) is 0 Å². The molecule has 0 spiro atoms. The summed E-state index contributed by atoms with van der Waals surface area (Å²) in [7, 11) is 1.49. The molecular weight excluding hydrogens is 334 g/mol. The number of hydrogen-bond acceptors (Lipinski definition) is 5. The number of carbonyl (C=O) groups is 2. The maximum Gasteiger partial charge on any atom is 0.264 e. The molecule has 2 rings (SSSR count). The highest BCUT2D eigenvalue weighted by molar-refractivity contribution is 6.01. The molecule has 7 nitrogen and oxygen atoms in total. The SMILES string of the molecule is CCNC(=O)COc1ccc(/C=C(\C#N)C(=O)N2CCCC2)cc1OC. The van der Waals surface area contributed by atoms with E-state index in [4.69, 9.17) is 9.47 Å². The van der Waals surface area contributed by atoms with Gasteiger partial charge < -0.3 is 19.7 Å². The van der Waals surface area contributed by atoms with Gasteiger partial charge in [0.25, 0.3) is 11.8 Å². The average molecular weight is 357 g/mol. The molecule has 0 aromatic heterocycles. The minimum Gasteiger partial charge on any atom is -0.493 e. The fourth-order valence-electron chi connectivity index (χ4n) is 2.68. The summed E-state index contributed by atoms with van der Waals surface area (Å²) < 4.78 is 10.7. The minimum atomic E-state index is -0.250. The Balaban J connectivity index is 2.15. The molecule has 1 fully saturated rings. The monoisotopic (exact) mass is 357 g/mol. The zero-order chi connectivity index (χ0) is 18.9. The van der Waals surface area contributed by atoms with Gasteiger partial charge in [-0.15, -0.1) is 0 Å². The number of amides is 2. The molecule has 1 aromatic carbocycles. The zero-order valence-corrected chi connectivity index (χ0v) is 15.1. The number of hydrogen-bond donors (Lipinski definition) is 1. The predicted molar refractivity (Wildman–Crippen MR) is 96.6 cm³/mol. The summed E-state index contributed by atoms with van der Waals surface area (Å²) in [6.07, 6.45) is 3.47. The van der Waals surface area contributed by atoms with Crippen LogP contribution >= 0.6 is 0 Å². The Hall–Kier alpha value is -3.01. The largest absolute Gasteiger partial charge is 0.493 e. The van der Waals surface area contributed by atoms with Crippen LogP contribution in [0.3, 0.4) is 0 Å². The van der Waals surface area contributed by atoms with Gasteiger partial charge in [0.15, 0.2) is 18.1 Å². The molecule has 1 aromatic rings. The highest BCUT2D eigenvalue weighted by Gasteiger charge is 2.21. The van der Waals surface area contributed by atoms with Crippen molar-refractivity contribution in [2.24, 2.45) is 0 Å². The second-order valence-electron chi connectivity index (χ2n) is 5.82. The summed E-state index contributed by atoms with van der Waals surface area (Å²) in [5.74, 6) is 0.372. The maximum atomic E-state index is 12.4. The number of nitriles is 1. The third kappa shape index (κ3) is 4.99. The van der Waals surface area contributed by atoms with Gasteiger partial charge in [-0.3, -0.25) is 9.59 Å². The highest BCUT2D eigenvalue weighted by Crippen LogP contribution is 2.29. The Morgan fingerprint density at radius 3 is 2.65 bits per heavy atom. The molecule has 7 heteroatoms. The first-order valence-corrected chi connectivity index (χ1v) is 8.57. The van der Waals surface area contributed by atoms with Crippen molar-refractivity contribution in [3.8, 4) is 17.6 Å². The van der Waals surface area contributed by atoms with E-state index in [-0.39, 0.29) is 24.0 Å². The molecule has 1 aliphatic rings. The molecule has 1 N–H and O–H groups in total. The molecule has 2 amide bonds. The second-order valence-corrected chi connectivity index (χ2v) is 5.82. The molecule has 1 saturated heterocycles. The summed E-state index contributed by atoms with van der Waals surface area (Å²) in [6, 6.07) is 7.01. The van der Waals surface area contributed by atoms with Crippen molar-refractivity contribution in [3.05, 3.63) is 29.3 Å². The fourth-order valence-corrected chi connectivity index (χ4v) is 2.68. The van der Waals surface area contributed by atoms with Gasteiger partial charge in [-0.2, -0.15) is 5.26 Å². The van der Waals surface area contributed by atoms with Crippen molar-refractivity contribution in [1.29, 1.82) is 5.26 Å². The summed E-state index contributed by atoms with van der Waals surface area (Å²) >= 11 is 0. The number of rotatable bonds is 7.